The molecule has 0 spiro atoms. The lowest BCUT2D eigenvalue weighted by Crippen LogP contribution is -1.72. The highest BCUT2D eigenvalue weighted by atomic mass is 16.1. The lowest BCUT2D eigenvalue weighted by atomic mass is 10.1. The first-order valence-corrected chi connectivity index (χ1v) is 4.09. The number of aromatic amines is 1. The Balaban J connectivity index is 2.47. The molecular weight excluding hydrogens is 162 g/mol. The van der Waals surface area contributed by atoms with Crippen molar-refractivity contribution >= 4 is 23.3 Å². The van der Waals surface area contributed by atoms with Gasteiger partial charge in [-0.3, -0.25) is 4.79 Å². The van der Waals surface area contributed by atoms with E-state index in [4.69, 9.17) is 0 Å². The lowest BCUT2D eigenvalue weighted by Gasteiger charge is -1.92. The van der Waals surface area contributed by atoms with Gasteiger partial charge in [0.05, 0.1) is 0 Å². The SMILES string of the molecule is O=CC=Cc1ccc2cc[nH]c2c1. The van der Waals surface area contributed by atoms with Crippen molar-refractivity contribution in [1.29, 1.82) is 0 Å². The summed E-state index contributed by atoms with van der Waals surface area (Å²) in [6.45, 7) is 0. The van der Waals surface area contributed by atoms with Crippen molar-refractivity contribution in [3.05, 3.63) is 42.1 Å². The second kappa shape index (κ2) is 3.27. The van der Waals surface area contributed by atoms with Crippen LogP contribution >= 0.6 is 0 Å². The predicted octanol–water partition coefficient (Wildman–Crippen LogP) is 2.38. The zero-order valence-corrected chi connectivity index (χ0v) is 7.03. The van der Waals surface area contributed by atoms with Crippen LogP contribution < -0.4 is 0 Å². The van der Waals surface area contributed by atoms with Gasteiger partial charge < -0.3 is 4.98 Å². The Morgan fingerprint density at radius 2 is 2.15 bits per heavy atom. The summed E-state index contributed by atoms with van der Waals surface area (Å²) in [7, 11) is 0. The molecular formula is C11H9NO. The van der Waals surface area contributed by atoms with Crippen LogP contribution in [0, 0.1) is 0 Å². The van der Waals surface area contributed by atoms with Gasteiger partial charge >= 0.3 is 0 Å². The standard InChI is InChI=1S/C11H9NO/c13-7-1-2-9-3-4-10-5-6-12-11(10)8-9/h1-8,12H. The number of carbonyl (C=O) groups is 1. The van der Waals surface area contributed by atoms with Gasteiger partial charge in [-0.25, -0.2) is 0 Å². The molecule has 0 amide bonds. The van der Waals surface area contributed by atoms with Crippen LogP contribution in [0.3, 0.4) is 0 Å². The number of hydrogen-bond acceptors (Lipinski definition) is 1. The zero-order chi connectivity index (χ0) is 9.10. The number of fused-ring (bicyclic) bond motifs is 1. The Bertz CT molecular complexity index is 454. The molecule has 0 aliphatic rings. The van der Waals surface area contributed by atoms with Crippen LogP contribution in [0.2, 0.25) is 0 Å². The minimum Gasteiger partial charge on any atom is -0.361 e. The summed E-state index contributed by atoms with van der Waals surface area (Å²) in [5.41, 5.74) is 2.12. The fourth-order valence-corrected chi connectivity index (χ4v) is 1.32. The number of nitrogens with one attached hydrogen (secondary N) is 1. The number of aldehydes is 1. The van der Waals surface area contributed by atoms with E-state index in [1.807, 2.05) is 30.5 Å². The highest BCUT2D eigenvalue weighted by Crippen LogP contribution is 2.14. The number of carbonyl (C=O) groups excluding carboxylic acids is 1. The van der Waals surface area contributed by atoms with Crippen LogP contribution in [0.1, 0.15) is 5.56 Å². The van der Waals surface area contributed by atoms with E-state index in [-0.39, 0.29) is 0 Å². The Kier molecular flexibility index (Phi) is 1.96. The summed E-state index contributed by atoms with van der Waals surface area (Å²) in [5, 5.41) is 1.18. The molecule has 0 saturated heterocycles. The molecule has 0 aliphatic carbocycles. The first kappa shape index (κ1) is 7.80. The molecule has 2 heteroatoms. The maximum atomic E-state index is 10.1. The maximum absolute atomic E-state index is 10.1. The smallest absolute Gasteiger partial charge is 0.142 e. The van der Waals surface area contributed by atoms with Crippen molar-refractivity contribution in [2.45, 2.75) is 0 Å². The molecule has 0 bridgehead atoms. The normalized spacial score (nSPS) is 11.1. The summed E-state index contributed by atoms with van der Waals surface area (Å²) in [5.74, 6) is 0. The molecule has 1 aromatic heterocycles. The summed E-state index contributed by atoms with van der Waals surface area (Å²) in [4.78, 5) is 13.2. The summed E-state index contributed by atoms with van der Waals surface area (Å²) >= 11 is 0. The maximum Gasteiger partial charge on any atom is 0.142 e. The van der Waals surface area contributed by atoms with Crippen molar-refractivity contribution in [2.75, 3.05) is 0 Å². The topological polar surface area (TPSA) is 32.9 Å². The molecule has 2 nitrogen and oxygen atoms in total. The van der Waals surface area contributed by atoms with Gasteiger partial charge in [0.15, 0.2) is 0 Å². The van der Waals surface area contributed by atoms with E-state index in [0.29, 0.717) is 0 Å². The van der Waals surface area contributed by atoms with Crippen LogP contribution in [-0.2, 0) is 4.79 Å². The van der Waals surface area contributed by atoms with Gasteiger partial charge in [0.1, 0.15) is 6.29 Å². The zero-order valence-electron chi connectivity index (χ0n) is 7.03. The Morgan fingerprint density at radius 3 is 3.00 bits per heavy atom. The molecule has 1 aromatic carbocycles. The van der Waals surface area contributed by atoms with Gasteiger partial charge in [-0.1, -0.05) is 18.2 Å². The minimum atomic E-state index is 0.777. The van der Waals surface area contributed by atoms with Crippen LogP contribution in [0.25, 0.3) is 17.0 Å². The van der Waals surface area contributed by atoms with E-state index >= 15 is 0 Å². The molecule has 2 rings (SSSR count). The Morgan fingerprint density at radius 1 is 1.23 bits per heavy atom. The molecule has 0 aliphatic heterocycles. The number of benzene rings is 1. The van der Waals surface area contributed by atoms with Gasteiger partial charge in [-0.05, 0) is 29.2 Å². The van der Waals surface area contributed by atoms with E-state index in [2.05, 4.69) is 4.98 Å². The Labute approximate surface area is 75.9 Å². The molecule has 64 valence electrons. The van der Waals surface area contributed by atoms with Crippen LogP contribution in [0.4, 0.5) is 0 Å². The van der Waals surface area contributed by atoms with Gasteiger partial charge in [0.25, 0.3) is 0 Å². The average molecular weight is 171 g/mol. The van der Waals surface area contributed by atoms with Crippen LogP contribution in [0.15, 0.2) is 36.5 Å². The number of rotatable bonds is 2. The van der Waals surface area contributed by atoms with E-state index in [1.54, 1.807) is 6.08 Å². The Hall–Kier alpha value is -1.83. The number of H-pyrrole nitrogens is 1. The van der Waals surface area contributed by atoms with E-state index < -0.39 is 0 Å². The fraction of sp³-hybridized carbons (Fsp3) is 0. The second-order valence-electron chi connectivity index (χ2n) is 2.82. The van der Waals surface area contributed by atoms with E-state index in [0.717, 1.165) is 17.4 Å². The molecule has 1 heterocycles. The number of hydrogen-bond donors (Lipinski definition) is 1. The van der Waals surface area contributed by atoms with Gasteiger partial charge in [0, 0.05) is 11.7 Å². The summed E-state index contributed by atoms with van der Waals surface area (Å²) in [6, 6.07) is 8.03. The van der Waals surface area contributed by atoms with Crippen LogP contribution in [0.5, 0.6) is 0 Å². The van der Waals surface area contributed by atoms with Gasteiger partial charge in [0.2, 0.25) is 0 Å². The molecule has 0 fully saturated rings. The molecule has 0 saturated carbocycles. The quantitative estimate of drug-likeness (QED) is 0.546. The monoisotopic (exact) mass is 171 g/mol. The molecule has 0 radical (unpaired) electrons. The largest absolute Gasteiger partial charge is 0.361 e. The first-order chi connectivity index (χ1) is 6.40. The summed E-state index contributed by atoms with van der Waals surface area (Å²) < 4.78 is 0. The first-order valence-electron chi connectivity index (χ1n) is 4.09. The molecule has 1 N–H and O–H groups in total. The molecule has 13 heavy (non-hydrogen) atoms. The average Bonchev–Trinajstić information content (AvgIpc) is 2.61. The van der Waals surface area contributed by atoms with Crippen molar-refractivity contribution in [2.24, 2.45) is 0 Å². The summed E-state index contributed by atoms with van der Waals surface area (Å²) in [6.07, 6.45) is 5.95. The van der Waals surface area contributed by atoms with Crippen LogP contribution in [-0.4, -0.2) is 11.3 Å². The molecule has 0 atom stereocenters. The third-order valence-electron chi connectivity index (χ3n) is 1.95. The highest BCUT2D eigenvalue weighted by molar-refractivity contribution is 5.83. The van der Waals surface area contributed by atoms with Gasteiger partial charge in [-0.2, -0.15) is 0 Å². The van der Waals surface area contributed by atoms with Gasteiger partial charge in [-0.15, -0.1) is 0 Å². The molecule has 0 unspecified atom stereocenters. The number of allylic oxidation sites excluding steroid dienone is 1. The second-order valence-corrected chi connectivity index (χ2v) is 2.82. The third kappa shape index (κ3) is 1.51. The third-order valence-corrected chi connectivity index (χ3v) is 1.95. The van der Waals surface area contributed by atoms with Crippen molar-refractivity contribution in [1.82, 2.24) is 4.98 Å². The van der Waals surface area contributed by atoms with E-state index in [9.17, 15) is 4.79 Å². The fourth-order valence-electron chi connectivity index (χ4n) is 1.32. The predicted molar refractivity (Wildman–Crippen MR) is 53.4 cm³/mol. The van der Waals surface area contributed by atoms with Crippen molar-refractivity contribution in [3.8, 4) is 0 Å². The number of aromatic nitrogens is 1. The van der Waals surface area contributed by atoms with E-state index in [1.165, 1.54) is 11.5 Å². The lowest BCUT2D eigenvalue weighted by molar-refractivity contribution is -0.104. The van der Waals surface area contributed by atoms with Crippen molar-refractivity contribution < 1.29 is 4.79 Å². The minimum absolute atomic E-state index is 0.777. The van der Waals surface area contributed by atoms with Crippen molar-refractivity contribution in [3.63, 3.8) is 0 Å². The molecule has 2 aromatic rings. The highest BCUT2D eigenvalue weighted by Gasteiger charge is 1.93.